The van der Waals surface area contributed by atoms with Crippen LogP contribution in [0.1, 0.15) is 11.3 Å². The highest BCUT2D eigenvalue weighted by atomic mass is 127. The van der Waals surface area contributed by atoms with Crippen LogP contribution in [-0.2, 0) is 6.54 Å². The molecule has 0 saturated carbocycles. The topological polar surface area (TPSA) is 128 Å². The number of furan rings is 1. The molecular weight excluding hydrogens is 601 g/mol. The van der Waals surface area contributed by atoms with Crippen LogP contribution in [0, 0.1) is 15.9 Å². The predicted molar refractivity (Wildman–Crippen MR) is 153 cm³/mol. The Hall–Kier alpha value is -4.51. The molecule has 194 valence electrons. The number of benzene rings is 2. The molecule has 0 aliphatic heterocycles. The van der Waals surface area contributed by atoms with Gasteiger partial charge in [-0.15, -0.1) is 6.42 Å². The van der Waals surface area contributed by atoms with Crippen molar-refractivity contribution in [1.29, 1.82) is 0 Å². The quantitative estimate of drug-likeness (QED) is 0.0866. The van der Waals surface area contributed by atoms with Gasteiger partial charge in [0.05, 0.1) is 36.8 Å². The molecule has 0 aliphatic carbocycles. The van der Waals surface area contributed by atoms with Crippen molar-refractivity contribution in [1.82, 2.24) is 15.0 Å². The van der Waals surface area contributed by atoms with Gasteiger partial charge in [-0.05, 0) is 76.7 Å². The summed E-state index contributed by atoms with van der Waals surface area (Å²) < 4.78 is 22.5. The van der Waals surface area contributed by atoms with Crippen LogP contribution in [0.3, 0.4) is 0 Å². The Balaban J connectivity index is 1.53. The second kappa shape index (κ2) is 13.2. The number of halogens is 1. The van der Waals surface area contributed by atoms with Gasteiger partial charge in [-0.3, -0.25) is 0 Å². The Bertz CT molecular complexity index is 1420. The minimum atomic E-state index is 0.143. The molecule has 0 radical (unpaired) electrons. The van der Waals surface area contributed by atoms with Gasteiger partial charge in [-0.1, -0.05) is 5.92 Å². The van der Waals surface area contributed by atoms with Gasteiger partial charge >= 0.3 is 0 Å². The molecule has 4 aromatic rings. The molecule has 0 bridgehead atoms. The molecule has 0 unspecified atom stereocenters. The summed E-state index contributed by atoms with van der Waals surface area (Å²) in [6, 6.07) is 14.7. The summed E-state index contributed by atoms with van der Waals surface area (Å²) in [5.41, 5.74) is 4.41. The van der Waals surface area contributed by atoms with E-state index in [1.165, 1.54) is 0 Å². The van der Waals surface area contributed by atoms with Crippen LogP contribution in [-0.4, -0.2) is 42.0 Å². The number of methoxy groups -OCH3 is 2. The molecule has 12 heteroatoms. The van der Waals surface area contributed by atoms with Crippen molar-refractivity contribution in [3.8, 4) is 29.6 Å². The van der Waals surface area contributed by atoms with Crippen molar-refractivity contribution in [2.45, 2.75) is 6.54 Å². The van der Waals surface area contributed by atoms with Gasteiger partial charge < -0.3 is 29.3 Å². The fourth-order valence-electron chi connectivity index (χ4n) is 3.18. The van der Waals surface area contributed by atoms with Crippen molar-refractivity contribution in [3.05, 3.63) is 69.7 Å². The molecule has 3 N–H and O–H groups in total. The largest absolute Gasteiger partial charge is 0.497 e. The van der Waals surface area contributed by atoms with Crippen molar-refractivity contribution < 1.29 is 18.6 Å². The first kappa shape index (κ1) is 26.6. The van der Waals surface area contributed by atoms with Gasteiger partial charge in [0.1, 0.15) is 18.1 Å². The molecule has 0 fully saturated rings. The molecule has 0 atom stereocenters. The third kappa shape index (κ3) is 7.26. The van der Waals surface area contributed by atoms with E-state index >= 15 is 0 Å². The van der Waals surface area contributed by atoms with E-state index in [1.807, 2.05) is 42.5 Å². The number of hydrazone groups is 1. The van der Waals surface area contributed by atoms with Crippen LogP contribution in [0.15, 0.2) is 64.3 Å². The van der Waals surface area contributed by atoms with E-state index in [0.717, 1.165) is 26.3 Å². The van der Waals surface area contributed by atoms with Crippen LogP contribution in [0.4, 0.5) is 23.5 Å². The number of ether oxygens (including phenoxy) is 3. The molecule has 4 rings (SSSR count). The van der Waals surface area contributed by atoms with Gasteiger partial charge in [0.15, 0.2) is 11.5 Å². The lowest BCUT2D eigenvalue weighted by molar-refractivity contribution is 0.328. The second-order valence-corrected chi connectivity index (χ2v) is 8.65. The number of terminal acetylenes is 1. The molecule has 0 aliphatic rings. The molecular formula is C26H24IN7O4. The zero-order valence-electron chi connectivity index (χ0n) is 20.6. The first-order valence-electron chi connectivity index (χ1n) is 11.2. The third-order valence-electron chi connectivity index (χ3n) is 4.91. The highest BCUT2D eigenvalue weighted by molar-refractivity contribution is 14.1. The summed E-state index contributed by atoms with van der Waals surface area (Å²) in [5, 5.41) is 10.6. The van der Waals surface area contributed by atoms with E-state index in [1.54, 1.807) is 32.8 Å². The number of hydrogen-bond donors (Lipinski definition) is 3. The van der Waals surface area contributed by atoms with E-state index < -0.39 is 0 Å². The van der Waals surface area contributed by atoms with E-state index in [0.29, 0.717) is 29.9 Å². The SMILES string of the molecule is C#CCOc1c(I)cc(/C=N\Nc2nc(NCc3ccco3)nc(Nc3ccc(OC)cc3)n2)cc1OC. The summed E-state index contributed by atoms with van der Waals surface area (Å²) in [6.07, 6.45) is 8.53. The van der Waals surface area contributed by atoms with E-state index in [9.17, 15) is 0 Å². The first-order chi connectivity index (χ1) is 18.6. The standard InChI is InChI=1S/C26H24IN7O4/c1-4-11-38-23-21(27)13-17(14-22(23)36-3)15-29-34-26-32-24(28-16-20-6-5-12-37-20)31-25(33-26)30-18-7-9-19(35-2)10-8-18/h1,5-10,12-15H,11,16H2,2-3H3,(H3,28,30,31,32,33,34)/b29-15-. The highest BCUT2D eigenvalue weighted by Crippen LogP contribution is 2.33. The number of aromatic nitrogens is 3. The van der Waals surface area contributed by atoms with Gasteiger partial charge in [0.25, 0.3) is 0 Å². The smallest absolute Gasteiger partial charge is 0.250 e. The van der Waals surface area contributed by atoms with E-state index in [4.69, 9.17) is 25.1 Å². The number of anilines is 4. The summed E-state index contributed by atoms with van der Waals surface area (Å²) in [6.45, 7) is 0.540. The van der Waals surface area contributed by atoms with Crippen LogP contribution >= 0.6 is 22.6 Å². The second-order valence-electron chi connectivity index (χ2n) is 7.49. The van der Waals surface area contributed by atoms with Crippen molar-refractivity contribution in [3.63, 3.8) is 0 Å². The van der Waals surface area contributed by atoms with Gasteiger partial charge in [-0.2, -0.15) is 20.1 Å². The molecule has 38 heavy (non-hydrogen) atoms. The average molecular weight is 625 g/mol. The Morgan fingerprint density at radius 2 is 1.84 bits per heavy atom. The molecule has 0 spiro atoms. The van der Waals surface area contributed by atoms with Crippen molar-refractivity contribution in [2.24, 2.45) is 5.10 Å². The third-order valence-corrected chi connectivity index (χ3v) is 5.71. The molecule has 0 saturated heterocycles. The van der Waals surface area contributed by atoms with Crippen LogP contribution < -0.4 is 30.3 Å². The van der Waals surface area contributed by atoms with E-state index in [-0.39, 0.29) is 12.6 Å². The summed E-state index contributed by atoms with van der Waals surface area (Å²) in [4.78, 5) is 13.3. The van der Waals surface area contributed by atoms with Crippen molar-refractivity contribution >= 4 is 52.3 Å². The molecule has 2 heterocycles. The maximum absolute atomic E-state index is 5.59. The van der Waals surface area contributed by atoms with Crippen LogP contribution in [0.5, 0.6) is 17.2 Å². The van der Waals surface area contributed by atoms with E-state index in [2.05, 4.69) is 64.6 Å². The molecule has 11 nitrogen and oxygen atoms in total. The normalized spacial score (nSPS) is 10.6. The van der Waals surface area contributed by atoms with Crippen molar-refractivity contribution in [2.75, 3.05) is 36.9 Å². The van der Waals surface area contributed by atoms with Gasteiger partial charge in [-0.25, -0.2) is 5.43 Å². The number of rotatable bonds is 12. The Morgan fingerprint density at radius 3 is 2.55 bits per heavy atom. The summed E-state index contributed by atoms with van der Waals surface area (Å²) in [7, 11) is 3.18. The zero-order chi connectivity index (χ0) is 26.7. The van der Waals surface area contributed by atoms with Gasteiger partial charge in [0.2, 0.25) is 17.8 Å². The molecule has 2 aromatic carbocycles. The lowest BCUT2D eigenvalue weighted by Gasteiger charge is -2.12. The average Bonchev–Trinajstić information content (AvgIpc) is 3.45. The number of nitrogens with zero attached hydrogens (tertiary/aromatic N) is 4. The van der Waals surface area contributed by atoms with Crippen LogP contribution in [0.2, 0.25) is 0 Å². The predicted octanol–water partition coefficient (Wildman–Crippen LogP) is 4.90. The highest BCUT2D eigenvalue weighted by Gasteiger charge is 2.11. The Morgan fingerprint density at radius 1 is 1.05 bits per heavy atom. The summed E-state index contributed by atoms with van der Waals surface area (Å²) in [5.74, 6) is 5.93. The Kier molecular flexibility index (Phi) is 9.19. The number of nitrogens with one attached hydrogen (secondary N) is 3. The summed E-state index contributed by atoms with van der Waals surface area (Å²) >= 11 is 2.15. The molecule has 2 aromatic heterocycles. The van der Waals surface area contributed by atoms with Crippen LogP contribution in [0.25, 0.3) is 0 Å². The fourth-order valence-corrected chi connectivity index (χ4v) is 3.96. The maximum atomic E-state index is 5.59. The maximum Gasteiger partial charge on any atom is 0.250 e. The molecule has 0 amide bonds. The monoisotopic (exact) mass is 625 g/mol. The lowest BCUT2D eigenvalue weighted by atomic mass is 10.2. The van der Waals surface area contributed by atoms with Gasteiger partial charge in [0, 0.05) is 5.69 Å². The minimum Gasteiger partial charge on any atom is -0.497 e. The lowest BCUT2D eigenvalue weighted by Crippen LogP contribution is -2.09. The minimum absolute atomic E-state index is 0.143. The first-order valence-corrected chi connectivity index (χ1v) is 12.3. The fraction of sp³-hybridized carbons (Fsp3) is 0.154. The Labute approximate surface area is 233 Å². The number of hydrogen-bond acceptors (Lipinski definition) is 11. The zero-order valence-corrected chi connectivity index (χ0v) is 22.7.